The molecule has 0 rings (SSSR count). The average molecular weight is 165 g/mol. The molecule has 0 aliphatic rings. The van der Waals surface area contributed by atoms with Gasteiger partial charge in [0.1, 0.15) is 0 Å². The van der Waals surface area contributed by atoms with Crippen molar-refractivity contribution in [3.05, 3.63) is 0 Å². The molecule has 0 spiro atoms. The van der Waals surface area contributed by atoms with Crippen molar-refractivity contribution in [2.75, 3.05) is 23.8 Å². The van der Waals surface area contributed by atoms with Crippen molar-refractivity contribution >= 4 is 24.4 Å². The van der Waals surface area contributed by atoms with Gasteiger partial charge in [0.05, 0.1) is 0 Å². The molecular weight excluding hydrogens is 150 g/mol. The van der Waals surface area contributed by atoms with Gasteiger partial charge in [0.2, 0.25) is 0 Å². The van der Waals surface area contributed by atoms with E-state index in [2.05, 4.69) is 19.6 Å². The second kappa shape index (κ2) is 6.78. The maximum Gasteiger partial charge on any atom is 0.00559 e. The monoisotopic (exact) mass is 165 g/mol. The highest BCUT2D eigenvalue weighted by molar-refractivity contribution is 7.99. The van der Waals surface area contributed by atoms with E-state index < -0.39 is 0 Å². The highest BCUT2D eigenvalue weighted by Gasteiger charge is 1.96. The van der Waals surface area contributed by atoms with Crippen molar-refractivity contribution < 1.29 is 0 Å². The van der Waals surface area contributed by atoms with E-state index >= 15 is 0 Å². The number of nitrogens with two attached hydrogens (primary N) is 1. The molecule has 1 unspecified atom stereocenters. The minimum absolute atomic E-state index is 0.727. The Balaban J connectivity index is 2.88. The molecule has 0 aromatic heterocycles. The number of hydrogen-bond acceptors (Lipinski definition) is 3. The predicted molar refractivity (Wildman–Crippen MR) is 49.4 cm³/mol. The van der Waals surface area contributed by atoms with Crippen molar-refractivity contribution in [1.82, 2.24) is 0 Å². The Hall–Kier alpha value is 0.660. The van der Waals surface area contributed by atoms with E-state index in [9.17, 15) is 0 Å². The van der Waals surface area contributed by atoms with Crippen LogP contribution in [0.5, 0.6) is 0 Å². The third-order valence-corrected chi connectivity index (χ3v) is 2.93. The van der Waals surface area contributed by atoms with Crippen LogP contribution < -0.4 is 5.73 Å². The van der Waals surface area contributed by atoms with Gasteiger partial charge in [0.25, 0.3) is 0 Å². The molecule has 1 nitrogen and oxygen atoms in total. The first-order valence-electron chi connectivity index (χ1n) is 3.20. The molecule has 0 bridgehead atoms. The Bertz CT molecular complexity index is 59.0. The van der Waals surface area contributed by atoms with Crippen LogP contribution in [-0.4, -0.2) is 23.8 Å². The molecule has 0 aromatic carbocycles. The first-order valence-corrected chi connectivity index (χ1v) is 4.98. The van der Waals surface area contributed by atoms with Crippen LogP contribution in [0, 0.1) is 5.92 Å². The van der Waals surface area contributed by atoms with Crippen LogP contribution in [-0.2, 0) is 0 Å². The minimum Gasteiger partial charge on any atom is -0.330 e. The summed E-state index contributed by atoms with van der Waals surface area (Å²) < 4.78 is 0. The second-order valence-corrected chi connectivity index (χ2v) is 3.67. The molecule has 0 aliphatic heterocycles. The molecule has 9 heavy (non-hydrogen) atoms. The lowest BCUT2D eigenvalue weighted by atomic mass is 10.3. The zero-order chi connectivity index (χ0) is 7.11. The normalized spacial score (nSPS) is 13.7. The van der Waals surface area contributed by atoms with Crippen LogP contribution in [0.4, 0.5) is 0 Å². The maximum absolute atomic E-state index is 5.32. The molecule has 0 saturated heterocycles. The van der Waals surface area contributed by atoms with Gasteiger partial charge in [0, 0.05) is 12.3 Å². The Morgan fingerprint density at radius 2 is 2.33 bits per heavy atom. The number of thiol groups is 1. The van der Waals surface area contributed by atoms with Crippen LogP contribution in [0.3, 0.4) is 0 Å². The molecule has 0 fully saturated rings. The van der Waals surface area contributed by atoms with E-state index in [0.29, 0.717) is 0 Å². The second-order valence-electron chi connectivity index (χ2n) is 2.15. The van der Waals surface area contributed by atoms with E-state index in [1.54, 1.807) is 0 Å². The maximum atomic E-state index is 5.32. The van der Waals surface area contributed by atoms with Crippen LogP contribution in [0.2, 0.25) is 0 Å². The number of thioether (sulfide) groups is 1. The third-order valence-electron chi connectivity index (χ3n) is 0.976. The average Bonchev–Trinajstić information content (AvgIpc) is 1.89. The SMILES string of the molecule is CC(CS)CSCCN. The summed E-state index contributed by atoms with van der Waals surface area (Å²) in [5, 5.41) is 0. The Morgan fingerprint density at radius 3 is 2.78 bits per heavy atom. The van der Waals surface area contributed by atoms with Crippen molar-refractivity contribution in [3.8, 4) is 0 Å². The number of rotatable bonds is 5. The van der Waals surface area contributed by atoms with Gasteiger partial charge in [-0.05, 0) is 17.4 Å². The summed E-state index contributed by atoms with van der Waals surface area (Å²) in [5.41, 5.74) is 5.32. The first kappa shape index (κ1) is 9.66. The van der Waals surface area contributed by atoms with Gasteiger partial charge >= 0.3 is 0 Å². The van der Waals surface area contributed by atoms with E-state index in [-0.39, 0.29) is 0 Å². The molecule has 0 aromatic rings. The Kier molecular flexibility index (Phi) is 7.27. The van der Waals surface area contributed by atoms with Gasteiger partial charge in [-0.1, -0.05) is 6.92 Å². The summed E-state index contributed by atoms with van der Waals surface area (Å²) in [6.07, 6.45) is 0. The van der Waals surface area contributed by atoms with Crippen molar-refractivity contribution in [3.63, 3.8) is 0 Å². The van der Waals surface area contributed by atoms with Crippen LogP contribution in [0.15, 0.2) is 0 Å². The summed E-state index contributed by atoms with van der Waals surface area (Å²) in [5.74, 6) is 3.99. The number of hydrogen-bond donors (Lipinski definition) is 2. The van der Waals surface area contributed by atoms with E-state index in [4.69, 9.17) is 5.73 Å². The fourth-order valence-electron chi connectivity index (χ4n) is 0.421. The molecule has 0 aliphatic carbocycles. The quantitative estimate of drug-likeness (QED) is 0.473. The summed E-state index contributed by atoms with van der Waals surface area (Å²) in [6, 6.07) is 0. The molecule has 0 saturated carbocycles. The summed E-state index contributed by atoms with van der Waals surface area (Å²) in [6.45, 7) is 3.00. The zero-order valence-corrected chi connectivity index (χ0v) is 7.55. The molecule has 2 N–H and O–H groups in total. The molecule has 56 valence electrons. The van der Waals surface area contributed by atoms with Gasteiger partial charge in [-0.3, -0.25) is 0 Å². The molecular formula is C6H15NS2. The molecule has 3 heteroatoms. The van der Waals surface area contributed by atoms with Crippen LogP contribution in [0.1, 0.15) is 6.92 Å². The van der Waals surface area contributed by atoms with Gasteiger partial charge in [0.15, 0.2) is 0 Å². The van der Waals surface area contributed by atoms with Gasteiger partial charge in [-0.25, -0.2) is 0 Å². The fraction of sp³-hybridized carbons (Fsp3) is 1.00. The van der Waals surface area contributed by atoms with Crippen molar-refractivity contribution in [2.24, 2.45) is 11.7 Å². The van der Waals surface area contributed by atoms with E-state index in [1.807, 2.05) is 11.8 Å². The fourth-order valence-corrected chi connectivity index (χ4v) is 1.58. The van der Waals surface area contributed by atoms with Gasteiger partial charge in [-0.15, -0.1) is 0 Å². The summed E-state index contributed by atoms with van der Waals surface area (Å²) in [4.78, 5) is 0. The topological polar surface area (TPSA) is 26.0 Å². The third kappa shape index (κ3) is 6.55. The van der Waals surface area contributed by atoms with E-state index in [0.717, 1.165) is 24.0 Å². The first-order chi connectivity index (χ1) is 4.31. The lowest BCUT2D eigenvalue weighted by molar-refractivity contribution is 0.766. The molecule has 0 amide bonds. The Labute approximate surface area is 67.2 Å². The smallest absolute Gasteiger partial charge is 0.00559 e. The van der Waals surface area contributed by atoms with Crippen molar-refractivity contribution in [1.29, 1.82) is 0 Å². The lowest BCUT2D eigenvalue weighted by Crippen LogP contribution is -2.05. The lowest BCUT2D eigenvalue weighted by Gasteiger charge is -2.04. The predicted octanol–water partition coefficient (Wildman–Crippen LogP) is 1.24. The van der Waals surface area contributed by atoms with Crippen molar-refractivity contribution in [2.45, 2.75) is 6.92 Å². The molecule has 0 heterocycles. The molecule has 1 atom stereocenters. The van der Waals surface area contributed by atoms with Crippen LogP contribution in [0.25, 0.3) is 0 Å². The van der Waals surface area contributed by atoms with Crippen LogP contribution >= 0.6 is 24.4 Å². The zero-order valence-electron chi connectivity index (χ0n) is 5.84. The highest BCUT2D eigenvalue weighted by Crippen LogP contribution is 2.07. The van der Waals surface area contributed by atoms with E-state index in [1.165, 1.54) is 5.75 Å². The standard InChI is InChI=1S/C6H15NS2/c1-6(4-8)5-9-3-2-7/h6,8H,2-5,7H2,1H3. The van der Waals surface area contributed by atoms with Gasteiger partial charge in [-0.2, -0.15) is 24.4 Å². The molecule has 0 radical (unpaired) electrons. The largest absolute Gasteiger partial charge is 0.330 e. The Morgan fingerprint density at radius 1 is 1.67 bits per heavy atom. The highest BCUT2D eigenvalue weighted by atomic mass is 32.2. The summed E-state index contributed by atoms with van der Waals surface area (Å²) >= 11 is 6.09. The minimum atomic E-state index is 0.727. The van der Waals surface area contributed by atoms with Gasteiger partial charge < -0.3 is 5.73 Å². The summed E-state index contributed by atoms with van der Waals surface area (Å²) in [7, 11) is 0.